The lowest BCUT2D eigenvalue weighted by molar-refractivity contribution is 0.0698. The minimum absolute atomic E-state index is 0.0631. The van der Waals surface area contributed by atoms with Gasteiger partial charge < -0.3 is 9.47 Å². The molecule has 0 N–H and O–H groups in total. The van der Waals surface area contributed by atoms with Gasteiger partial charge in [0.1, 0.15) is 0 Å². The topological polar surface area (TPSA) is 102 Å². The minimum atomic E-state index is -4.09. The molecule has 10 heteroatoms. The van der Waals surface area contributed by atoms with Crippen molar-refractivity contribution in [2.45, 2.75) is 4.90 Å². The molecule has 2 heterocycles. The second-order valence-corrected chi connectivity index (χ2v) is 9.42. The van der Waals surface area contributed by atoms with Gasteiger partial charge in [-0.25, -0.2) is 13.2 Å². The summed E-state index contributed by atoms with van der Waals surface area (Å²) >= 11 is 0. The van der Waals surface area contributed by atoms with Crippen molar-refractivity contribution >= 4 is 26.7 Å². The summed E-state index contributed by atoms with van der Waals surface area (Å²) < 4.78 is 29.0. The van der Waals surface area contributed by atoms with E-state index in [0.29, 0.717) is 5.56 Å². The number of rotatable bonds is 3. The normalized spacial score (nSPS) is 15.4. The summed E-state index contributed by atoms with van der Waals surface area (Å²) in [6.45, 7) is 0.537. The van der Waals surface area contributed by atoms with E-state index in [4.69, 9.17) is 0 Å². The fraction of sp³-hybridized carbons (Fsp3) is 0.286. The number of hydrogen-bond donors (Lipinski definition) is 0. The quantitative estimate of drug-likeness (QED) is 0.584. The van der Waals surface area contributed by atoms with Gasteiger partial charge in [0.2, 0.25) is 10.0 Å². The van der Waals surface area contributed by atoms with Gasteiger partial charge in [-0.1, -0.05) is 30.3 Å². The van der Waals surface area contributed by atoms with Crippen molar-refractivity contribution in [2.75, 3.05) is 26.2 Å². The first-order chi connectivity index (χ1) is 14.7. The van der Waals surface area contributed by atoms with Gasteiger partial charge in [-0.3, -0.25) is 14.2 Å². The number of carbonyl (C=O) groups is 1. The molecular weight excluding hydrogens is 420 g/mol. The van der Waals surface area contributed by atoms with Crippen LogP contribution in [-0.2, 0) is 24.1 Å². The van der Waals surface area contributed by atoms with E-state index in [1.807, 2.05) is 36.4 Å². The molecule has 1 aromatic heterocycles. The number of amides is 1. The molecule has 0 saturated carbocycles. The Morgan fingerprint density at radius 3 is 2.23 bits per heavy atom. The van der Waals surface area contributed by atoms with Gasteiger partial charge in [0.15, 0.2) is 4.90 Å². The maximum absolute atomic E-state index is 13.0. The summed E-state index contributed by atoms with van der Waals surface area (Å²) in [5, 5.41) is 1.99. The molecule has 31 heavy (non-hydrogen) atoms. The zero-order valence-corrected chi connectivity index (χ0v) is 18.0. The predicted octanol–water partition coefficient (Wildman–Crippen LogP) is 0.384. The van der Waals surface area contributed by atoms with Gasteiger partial charge in [-0.05, 0) is 22.9 Å². The standard InChI is InChI=1S/C21H22N4O5S/c1-22-14-18(20(27)23(2)21(22)28)31(29,30)25-11-9-24(10-12-25)19(26)17-8-7-15-5-3-4-6-16(15)13-17/h3-8,13-14H,9-12H2,1-2H3. The molecule has 1 saturated heterocycles. The molecule has 1 fully saturated rings. The van der Waals surface area contributed by atoms with E-state index in [9.17, 15) is 22.8 Å². The molecular formula is C21H22N4O5S. The number of aryl methyl sites for hydroxylation is 1. The van der Waals surface area contributed by atoms with Gasteiger partial charge in [-0.15, -0.1) is 0 Å². The summed E-state index contributed by atoms with van der Waals surface area (Å²) in [5.74, 6) is -0.166. The number of benzene rings is 2. The first-order valence-electron chi connectivity index (χ1n) is 9.75. The lowest BCUT2D eigenvalue weighted by Gasteiger charge is -2.34. The molecule has 3 aromatic rings. The molecule has 0 atom stereocenters. The lowest BCUT2D eigenvalue weighted by atomic mass is 10.1. The van der Waals surface area contributed by atoms with Gasteiger partial charge in [-0.2, -0.15) is 4.31 Å². The van der Waals surface area contributed by atoms with Crippen LogP contribution >= 0.6 is 0 Å². The Hall–Kier alpha value is -3.24. The minimum Gasteiger partial charge on any atom is -0.336 e. The highest BCUT2D eigenvalue weighted by atomic mass is 32.2. The van der Waals surface area contributed by atoms with E-state index >= 15 is 0 Å². The Balaban J connectivity index is 1.53. The fourth-order valence-electron chi connectivity index (χ4n) is 3.73. The first-order valence-corrected chi connectivity index (χ1v) is 11.2. The fourth-order valence-corrected chi connectivity index (χ4v) is 5.30. The predicted molar refractivity (Wildman–Crippen MR) is 116 cm³/mol. The first kappa shape index (κ1) is 21.0. The molecule has 0 aliphatic carbocycles. The van der Waals surface area contributed by atoms with Crippen molar-refractivity contribution in [2.24, 2.45) is 14.1 Å². The average molecular weight is 442 g/mol. The third-order valence-corrected chi connectivity index (χ3v) is 7.44. The van der Waals surface area contributed by atoms with Crippen LogP contribution in [-0.4, -0.2) is 58.8 Å². The zero-order chi connectivity index (χ0) is 22.3. The van der Waals surface area contributed by atoms with Crippen LogP contribution in [0.5, 0.6) is 0 Å². The van der Waals surface area contributed by atoms with E-state index in [1.165, 1.54) is 18.4 Å². The third kappa shape index (κ3) is 3.68. The van der Waals surface area contributed by atoms with Crippen LogP contribution in [0.15, 0.2) is 63.1 Å². The Bertz CT molecular complexity index is 1400. The van der Waals surface area contributed by atoms with Crippen LogP contribution in [0, 0.1) is 0 Å². The summed E-state index contributed by atoms with van der Waals surface area (Å²) in [5.41, 5.74) is -0.922. The number of carbonyl (C=O) groups excluding carboxylic acids is 1. The van der Waals surface area contributed by atoms with Gasteiger partial charge in [0, 0.05) is 52.0 Å². The van der Waals surface area contributed by atoms with Crippen LogP contribution in [0.1, 0.15) is 10.4 Å². The van der Waals surface area contributed by atoms with Crippen LogP contribution in [0.25, 0.3) is 10.8 Å². The smallest absolute Gasteiger partial charge is 0.330 e. The lowest BCUT2D eigenvalue weighted by Crippen LogP contribution is -2.52. The number of nitrogens with zero attached hydrogens (tertiary/aromatic N) is 4. The van der Waals surface area contributed by atoms with Crippen LogP contribution in [0.3, 0.4) is 0 Å². The van der Waals surface area contributed by atoms with Gasteiger partial charge in [0.05, 0.1) is 0 Å². The number of aromatic nitrogens is 2. The summed E-state index contributed by atoms with van der Waals surface area (Å²) in [4.78, 5) is 38.3. The van der Waals surface area contributed by atoms with Crippen molar-refractivity contribution < 1.29 is 13.2 Å². The summed E-state index contributed by atoms with van der Waals surface area (Å²) in [6, 6.07) is 13.2. The van der Waals surface area contributed by atoms with Crippen molar-refractivity contribution in [1.29, 1.82) is 0 Å². The average Bonchev–Trinajstić information content (AvgIpc) is 2.79. The SMILES string of the molecule is Cn1cc(S(=O)(=O)N2CCN(C(=O)c3ccc4ccccc4c3)CC2)c(=O)n(C)c1=O. The Morgan fingerprint density at radius 2 is 1.55 bits per heavy atom. The Morgan fingerprint density at radius 1 is 0.903 bits per heavy atom. The van der Waals surface area contributed by atoms with E-state index in [-0.39, 0.29) is 32.1 Å². The van der Waals surface area contributed by atoms with Crippen LogP contribution in [0.4, 0.5) is 0 Å². The molecule has 0 radical (unpaired) electrons. The molecule has 0 unspecified atom stereocenters. The zero-order valence-electron chi connectivity index (χ0n) is 17.2. The maximum Gasteiger partial charge on any atom is 0.330 e. The van der Waals surface area contributed by atoms with Gasteiger partial charge >= 0.3 is 5.69 Å². The summed E-state index contributed by atoms with van der Waals surface area (Å²) in [7, 11) is -1.46. The highest BCUT2D eigenvalue weighted by Gasteiger charge is 2.33. The number of piperazine rings is 1. The Labute approximate surface area is 178 Å². The molecule has 9 nitrogen and oxygen atoms in total. The molecule has 2 aromatic carbocycles. The summed E-state index contributed by atoms with van der Waals surface area (Å²) in [6.07, 6.45) is 1.05. The monoisotopic (exact) mass is 442 g/mol. The number of hydrogen-bond acceptors (Lipinski definition) is 5. The largest absolute Gasteiger partial charge is 0.336 e. The van der Waals surface area contributed by atoms with Crippen molar-refractivity contribution in [1.82, 2.24) is 18.3 Å². The molecule has 1 amide bonds. The van der Waals surface area contributed by atoms with E-state index < -0.39 is 26.2 Å². The van der Waals surface area contributed by atoms with Gasteiger partial charge in [0.25, 0.3) is 11.5 Å². The second kappa shape index (κ2) is 7.78. The number of sulfonamides is 1. The van der Waals surface area contributed by atoms with Crippen molar-refractivity contribution in [3.05, 3.63) is 75.1 Å². The number of fused-ring (bicyclic) bond motifs is 1. The Kier molecular flexibility index (Phi) is 5.28. The van der Waals surface area contributed by atoms with E-state index in [1.54, 1.807) is 11.0 Å². The van der Waals surface area contributed by atoms with E-state index in [2.05, 4.69) is 0 Å². The highest BCUT2D eigenvalue weighted by molar-refractivity contribution is 7.89. The molecule has 0 bridgehead atoms. The molecule has 162 valence electrons. The third-order valence-electron chi connectivity index (χ3n) is 5.56. The van der Waals surface area contributed by atoms with Crippen molar-refractivity contribution in [3.63, 3.8) is 0 Å². The highest BCUT2D eigenvalue weighted by Crippen LogP contribution is 2.19. The van der Waals surface area contributed by atoms with E-state index in [0.717, 1.165) is 26.1 Å². The molecule has 0 spiro atoms. The molecule has 4 rings (SSSR count). The van der Waals surface area contributed by atoms with Crippen LogP contribution < -0.4 is 11.2 Å². The van der Waals surface area contributed by atoms with Crippen molar-refractivity contribution in [3.8, 4) is 0 Å². The maximum atomic E-state index is 13.0. The molecule has 1 aliphatic rings. The molecule has 1 aliphatic heterocycles. The second-order valence-electron chi connectivity index (χ2n) is 7.51. The van der Waals surface area contributed by atoms with Crippen LogP contribution in [0.2, 0.25) is 0 Å².